The second-order valence-electron chi connectivity index (χ2n) is 6.96. The van der Waals surface area contributed by atoms with E-state index in [4.69, 9.17) is 5.73 Å². The van der Waals surface area contributed by atoms with Crippen LogP contribution in [-0.4, -0.2) is 63.3 Å². The van der Waals surface area contributed by atoms with Gasteiger partial charge in [-0.05, 0) is 24.3 Å². The molecule has 2 heterocycles. The van der Waals surface area contributed by atoms with E-state index in [1.807, 2.05) is 4.90 Å². The second kappa shape index (κ2) is 8.00. The lowest BCUT2D eigenvalue weighted by Gasteiger charge is -2.34. The summed E-state index contributed by atoms with van der Waals surface area (Å²) >= 11 is 0. The van der Waals surface area contributed by atoms with Gasteiger partial charge in [0.2, 0.25) is 0 Å². The van der Waals surface area contributed by atoms with Crippen LogP contribution in [-0.2, 0) is 14.1 Å². The van der Waals surface area contributed by atoms with Crippen molar-refractivity contribution in [1.29, 1.82) is 0 Å². The van der Waals surface area contributed by atoms with Crippen LogP contribution in [0.25, 0.3) is 0 Å². The predicted octanol–water partition coefficient (Wildman–Crippen LogP) is -0.554. The van der Waals surface area contributed by atoms with Gasteiger partial charge in [0.25, 0.3) is 11.5 Å². The average molecular weight is 403 g/mol. The first-order valence-corrected chi connectivity index (χ1v) is 9.06. The Kier molecular flexibility index (Phi) is 5.64. The summed E-state index contributed by atoms with van der Waals surface area (Å²) in [6, 6.07) is 5.35. The third-order valence-corrected chi connectivity index (χ3v) is 5.11. The molecule has 1 aromatic carbocycles. The van der Waals surface area contributed by atoms with Gasteiger partial charge in [-0.15, -0.1) is 0 Å². The topological polar surface area (TPSA) is 111 Å². The number of nitrogen functional groups attached to an aromatic ring is 1. The van der Waals surface area contributed by atoms with Crippen molar-refractivity contribution < 1.29 is 14.0 Å². The molecule has 154 valence electrons. The maximum Gasteiger partial charge on any atom is 0.332 e. The van der Waals surface area contributed by atoms with Crippen molar-refractivity contribution in [2.45, 2.75) is 0 Å². The van der Waals surface area contributed by atoms with E-state index in [9.17, 15) is 23.6 Å². The Balaban J connectivity index is 1.66. The van der Waals surface area contributed by atoms with Gasteiger partial charge in [-0.25, -0.2) is 9.18 Å². The maximum absolute atomic E-state index is 13.0. The molecule has 0 saturated carbocycles. The Labute approximate surface area is 165 Å². The summed E-state index contributed by atoms with van der Waals surface area (Å²) in [7, 11) is 2.69. The number of anilines is 1. The number of hydrogen-bond acceptors (Lipinski definition) is 6. The number of benzene rings is 1. The number of aromatic nitrogens is 2. The van der Waals surface area contributed by atoms with Crippen LogP contribution in [0.4, 0.5) is 10.2 Å². The zero-order valence-electron chi connectivity index (χ0n) is 16.2. The van der Waals surface area contributed by atoms with Crippen molar-refractivity contribution in [3.8, 4) is 0 Å². The van der Waals surface area contributed by atoms with Gasteiger partial charge in [0.15, 0.2) is 5.78 Å². The lowest BCUT2D eigenvalue weighted by atomic mass is 10.1. The molecule has 3 rings (SSSR count). The summed E-state index contributed by atoms with van der Waals surface area (Å²) < 4.78 is 14.9. The summed E-state index contributed by atoms with van der Waals surface area (Å²) in [5, 5.41) is 0. The van der Waals surface area contributed by atoms with Gasteiger partial charge in [-0.3, -0.25) is 28.4 Å². The van der Waals surface area contributed by atoms with Gasteiger partial charge in [0.1, 0.15) is 17.2 Å². The molecule has 1 aliphatic heterocycles. The van der Waals surface area contributed by atoms with Crippen LogP contribution in [0.3, 0.4) is 0 Å². The minimum absolute atomic E-state index is 0.0454. The molecule has 0 bridgehead atoms. The van der Waals surface area contributed by atoms with Crippen LogP contribution >= 0.6 is 0 Å². The monoisotopic (exact) mass is 403 g/mol. The highest BCUT2D eigenvalue weighted by molar-refractivity contribution is 6.01. The molecule has 0 aliphatic carbocycles. The minimum Gasteiger partial charge on any atom is -0.384 e. The van der Waals surface area contributed by atoms with Gasteiger partial charge in [0, 0.05) is 45.8 Å². The van der Waals surface area contributed by atoms with E-state index in [-0.39, 0.29) is 23.8 Å². The van der Waals surface area contributed by atoms with Crippen molar-refractivity contribution in [1.82, 2.24) is 18.9 Å². The molecule has 29 heavy (non-hydrogen) atoms. The van der Waals surface area contributed by atoms with Crippen LogP contribution in [0, 0.1) is 5.82 Å². The molecule has 0 spiro atoms. The molecule has 10 heteroatoms. The van der Waals surface area contributed by atoms with Crippen LogP contribution in [0.2, 0.25) is 0 Å². The van der Waals surface area contributed by atoms with Gasteiger partial charge in [-0.2, -0.15) is 0 Å². The van der Waals surface area contributed by atoms with Gasteiger partial charge < -0.3 is 10.6 Å². The molecule has 9 nitrogen and oxygen atoms in total. The zero-order chi connectivity index (χ0) is 21.3. The molecule has 2 N–H and O–H groups in total. The number of carbonyl (C=O) groups excluding carboxylic acids is 2. The average Bonchev–Trinajstić information content (AvgIpc) is 2.71. The maximum atomic E-state index is 13.0. The molecular weight excluding hydrogens is 381 g/mol. The van der Waals surface area contributed by atoms with E-state index in [0.717, 1.165) is 9.13 Å². The summed E-state index contributed by atoms with van der Waals surface area (Å²) in [4.78, 5) is 52.8. The molecule has 0 radical (unpaired) electrons. The van der Waals surface area contributed by atoms with E-state index >= 15 is 0 Å². The number of carbonyl (C=O) groups is 2. The molecule has 1 aliphatic rings. The van der Waals surface area contributed by atoms with Gasteiger partial charge in [-0.1, -0.05) is 0 Å². The lowest BCUT2D eigenvalue weighted by Crippen LogP contribution is -2.50. The van der Waals surface area contributed by atoms with Crippen LogP contribution in [0.5, 0.6) is 0 Å². The van der Waals surface area contributed by atoms with Crippen LogP contribution in [0.15, 0.2) is 33.9 Å². The smallest absolute Gasteiger partial charge is 0.332 e. The number of ketones is 1. The number of amides is 1. The predicted molar refractivity (Wildman–Crippen MR) is 104 cm³/mol. The third kappa shape index (κ3) is 3.97. The standard InChI is InChI=1S/C19H22FN5O4/c1-22-16(21)15(18(28)23(2)19(22)29)14(26)11-24-7-9-25(10-8-24)17(27)12-3-5-13(20)6-4-12/h3-6H,7-11,21H2,1-2H3. The summed E-state index contributed by atoms with van der Waals surface area (Å²) in [5.41, 5.74) is 4.70. The van der Waals surface area contributed by atoms with Gasteiger partial charge >= 0.3 is 5.69 Å². The second-order valence-corrected chi connectivity index (χ2v) is 6.96. The molecule has 0 atom stereocenters. The van der Waals surface area contributed by atoms with Crippen molar-refractivity contribution in [2.75, 3.05) is 38.5 Å². The Morgan fingerprint density at radius 2 is 1.59 bits per heavy atom. The number of rotatable bonds is 4. The summed E-state index contributed by atoms with van der Waals surface area (Å²) in [6.45, 7) is 1.61. The Hall–Kier alpha value is -3.27. The fourth-order valence-electron chi connectivity index (χ4n) is 3.29. The Morgan fingerprint density at radius 3 is 2.17 bits per heavy atom. The Morgan fingerprint density at radius 1 is 1.00 bits per heavy atom. The summed E-state index contributed by atoms with van der Waals surface area (Å²) in [6.07, 6.45) is 0. The van der Waals surface area contributed by atoms with Crippen molar-refractivity contribution in [3.05, 3.63) is 62.0 Å². The first-order chi connectivity index (χ1) is 13.7. The molecule has 0 unspecified atom stereocenters. The largest absolute Gasteiger partial charge is 0.384 e. The van der Waals surface area contributed by atoms with Crippen molar-refractivity contribution >= 4 is 17.5 Å². The first kappa shape index (κ1) is 20.5. The van der Waals surface area contributed by atoms with E-state index in [1.165, 1.54) is 38.4 Å². The van der Waals surface area contributed by atoms with Crippen LogP contribution in [0.1, 0.15) is 20.7 Å². The fourth-order valence-corrected chi connectivity index (χ4v) is 3.29. The number of halogens is 1. The molecule has 1 amide bonds. The highest BCUT2D eigenvalue weighted by atomic mass is 19.1. The van der Waals surface area contributed by atoms with E-state index < -0.39 is 22.8 Å². The number of nitrogens with zero attached hydrogens (tertiary/aromatic N) is 4. The quantitative estimate of drug-likeness (QED) is 0.686. The highest BCUT2D eigenvalue weighted by Gasteiger charge is 2.26. The third-order valence-electron chi connectivity index (χ3n) is 5.11. The Bertz CT molecular complexity index is 1070. The van der Waals surface area contributed by atoms with E-state index in [1.54, 1.807) is 4.90 Å². The first-order valence-electron chi connectivity index (χ1n) is 9.06. The molecule has 1 aromatic heterocycles. The van der Waals surface area contributed by atoms with E-state index in [2.05, 4.69) is 0 Å². The number of piperazine rings is 1. The van der Waals surface area contributed by atoms with Gasteiger partial charge in [0.05, 0.1) is 6.54 Å². The number of Topliss-reactive ketones (excluding diaryl/α,β-unsaturated/α-hetero) is 1. The zero-order valence-corrected chi connectivity index (χ0v) is 16.2. The number of nitrogens with two attached hydrogens (primary N) is 1. The normalized spacial score (nSPS) is 14.8. The summed E-state index contributed by atoms with van der Waals surface area (Å²) in [5.74, 6) is -1.24. The lowest BCUT2D eigenvalue weighted by molar-refractivity contribution is 0.0624. The molecular formula is C19H22FN5O4. The SMILES string of the molecule is Cn1c(N)c(C(=O)CN2CCN(C(=O)c3ccc(F)cc3)CC2)c(=O)n(C)c1=O. The minimum atomic E-state index is -0.722. The van der Waals surface area contributed by atoms with Crippen molar-refractivity contribution in [2.24, 2.45) is 14.1 Å². The highest BCUT2D eigenvalue weighted by Crippen LogP contribution is 2.11. The number of hydrogen-bond donors (Lipinski definition) is 1. The molecule has 1 fully saturated rings. The van der Waals surface area contributed by atoms with Crippen LogP contribution < -0.4 is 17.0 Å². The van der Waals surface area contributed by atoms with Crippen molar-refractivity contribution in [3.63, 3.8) is 0 Å². The molecule has 1 saturated heterocycles. The van der Waals surface area contributed by atoms with E-state index in [0.29, 0.717) is 31.7 Å². The molecule has 2 aromatic rings. The fraction of sp³-hybridized carbons (Fsp3) is 0.368.